The summed E-state index contributed by atoms with van der Waals surface area (Å²) in [6.45, 7) is 8.50. The van der Waals surface area contributed by atoms with Gasteiger partial charge in [0.05, 0.1) is 0 Å². The van der Waals surface area contributed by atoms with Crippen LogP contribution in [0, 0.1) is 11.7 Å². The van der Waals surface area contributed by atoms with Crippen molar-refractivity contribution in [3.63, 3.8) is 0 Å². The van der Waals surface area contributed by atoms with E-state index < -0.39 is 0 Å². The Hall–Kier alpha value is -0.890. The number of hydrogen-bond donors (Lipinski definition) is 1. The van der Waals surface area contributed by atoms with E-state index in [1.165, 1.54) is 18.4 Å². The summed E-state index contributed by atoms with van der Waals surface area (Å²) in [5.74, 6) is 1.15. The van der Waals surface area contributed by atoms with Gasteiger partial charge in [0.1, 0.15) is 5.82 Å². The zero-order chi connectivity index (χ0) is 12.7. The molecule has 0 aliphatic carbocycles. The van der Waals surface area contributed by atoms with E-state index >= 15 is 0 Å². The van der Waals surface area contributed by atoms with E-state index in [0.717, 1.165) is 19.0 Å². The Kier molecular flexibility index (Phi) is 6.20. The third-order valence-electron chi connectivity index (χ3n) is 3.49. The number of rotatable bonds is 2. The van der Waals surface area contributed by atoms with Crippen LogP contribution >= 0.6 is 0 Å². The third-order valence-corrected chi connectivity index (χ3v) is 3.49. The Morgan fingerprint density at radius 3 is 2.18 bits per heavy atom. The topological polar surface area (TPSA) is 12.0 Å². The lowest BCUT2D eigenvalue weighted by Crippen LogP contribution is -2.30. The number of benzene rings is 1. The summed E-state index contributed by atoms with van der Waals surface area (Å²) < 4.78 is 12.8. The lowest BCUT2D eigenvalue weighted by molar-refractivity contribution is 0.330. The van der Waals surface area contributed by atoms with Gasteiger partial charge in [-0.2, -0.15) is 0 Å². The Morgan fingerprint density at radius 2 is 1.65 bits per heavy atom. The molecule has 1 aromatic carbocycles. The quantitative estimate of drug-likeness (QED) is 0.821. The minimum absolute atomic E-state index is 0.142. The minimum atomic E-state index is -0.142. The van der Waals surface area contributed by atoms with Crippen LogP contribution in [0.15, 0.2) is 24.3 Å². The second-order valence-electron chi connectivity index (χ2n) is 4.43. The van der Waals surface area contributed by atoms with E-state index in [4.69, 9.17) is 0 Å². The van der Waals surface area contributed by atoms with Gasteiger partial charge in [-0.1, -0.05) is 32.9 Å². The van der Waals surface area contributed by atoms with Crippen LogP contribution in [0.4, 0.5) is 4.39 Å². The second-order valence-corrected chi connectivity index (χ2v) is 4.43. The van der Waals surface area contributed by atoms with Crippen LogP contribution in [-0.2, 0) is 0 Å². The highest BCUT2D eigenvalue weighted by Gasteiger charge is 2.20. The van der Waals surface area contributed by atoms with Crippen molar-refractivity contribution in [2.45, 2.75) is 39.5 Å². The summed E-state index contributed by atoms with van der Waals surface area (Å²) in [6, 6.07) is 6.96. The molecule has 0 radical (unpaired) electrons. The Bertz CT molecular complexity index is 301. The molecule has 1 heterocycles. The number of nitrogens with one attached hydrogen (secondary N) is 1. The molecule has 1 aromatic rings. The van der Waals surface area contributed by atoms with Crippen molar-refractivity contribution in [2.75, 3.05) is 13.1 Å². The number of hydrogen-bond acceptors (Lipinski definition) is 1. The van der Waals surface area contributed by atoms with Crippen LogP contribution in [0.1, 0.15) is 45.1 Å². The summed E-state index contributed by atoms with van der Waals surface area (Å²) >= 11 is 0. The van der Waals surface area contributed by atoms with Gasteiger partial charge < -0.3 is 5.32 Å². The van der Waals surface area contributed by atoms with E-state index in [1.54, 1.807) is 12.1 Å². The van der Waals surface area contributed by atoms with Gasteiger partial charge >= 0.3 is 0 Å². The molecule has 96 valence electrons. The predicted octanol–water partition coefficient (Wildman–Crippen LogP) is 3.96. The molecule has 1 atom stereocenters. The Morgan fingerprint density at radius 1 is 1.12 bits per heavy atom. The third kappa shape index (κ3) is 4.12. The average molecular weight is 237 g/mol. The Balaban J connectivity index is 0.000000686. The van der Waals surface area contributed by atoms with Gasteiger partial charge in [-0.05, 0) is 55.5 Å². The van der Waals surface area contributed by atoms with Crippen molar-refractivity contribution in [3.8, 4) is 0 Å². The Labute approximate surface area is 104 Å². The van der Waals surface area contributed by atoms with E-state index in [9.17, 15) is 4.39 Å². The molecule has 1 nitrogen and oxygen atoms in total. The van der Waals surface area contributed by atoms with Crippen LogP contribution in [0.5, 0.6) is 0 Å². The second kappa shape index (κ2) is 7.44. The molecular formula is C15H24FN. The fourth-order valence-corrected chi connectivity index (χ4v) is 2.38. The lowest BCUT2D eigenvalue weighted by atomic mass is 9.82. The first kappa shape index (κ1) is 14.2. The van der Waals surface area contributed by atoms with Gasteiger partial charge in [0.2, 0.25) is 0 Å². The molecule has 1 saturated heterocycles. The molecule has 0 spiro atoms. The molecule has 17 heavy (non-hydrogen) atoms. The molecule has 0 amide bonds. The first-order chi connectivity index (χ1) is 8.27. The zero-order valence-electron chi connectivity index (χ0n) is 11.2. The summed E-state index contributed by atoms with van der Waals surface area (Å²) in [6.07, 6.45) is 2.47. The van der Waals surface area contributed by atoms with Crippen LogP contribution in [0.2, 0.25) is 0 Å². The largest absolute Gasteiger partial charge is 0.317 e. The molecule has 1 aliphatic heterocycles. The monoisotopic (exact) mass is 237 g/mol. The van der Waals surface area contributed by atoms with E-state index in [0.29, 0.717) is 5.92 Å². The van der Waals surface area contributed by atoms with E-state index in [-0.39, 0.29) is 5.82 Å². The van der Waals surface area contributed by atoms with E-state index in [1.807, 2.05) is 26.0 Å². The van der Waals surface area contributed by atoms with Gasteiger partial charge in [-0.25, -0.2) is 4.39 Å². The lowest BCUT2D eigenvalue weighted by Gasteiger charge is -2.28. The van der Waals surface area contributed by atoms with Crippen LogP contribution in [0.25, 0.3) is 0 Å². The predicted molar refractivity (Wildman–Crippen MR) is 71.8 cm³/mol. The fraction of sp³-hybridized carbons (Fsp3) is 0.600. The van der Waals surface area contributed by atoms with Crippen LogP contribution < -0.4 is 5.32 Å². The minimum Gasteiger partial charge on any atom is -0.317 e. The molecule has 2 rings (SSSR count). The molecule has 1 fully saturated rings. The molecular weight excluding hydrogens is 213 g/mol. The maximum absolute atomic E-state index is 12.8. The van der Waals surface area contributed by atoms with Crippen LogP contribution in [0.3, 0.4) is 0 Å². The van der Waals surface area contributed by atoms with Crippen molar-refractivity contribution in [1.82, 2.24) is 5.32 Å². The van der Waals surface area contributed by atoms with Crippen molar-refractivity contribution in [1.29, 1.82) is 0 Å². The van der Waals surface area contributed by atoms with Gasteiger partial charge in [0, 0.05) is 0 Å². The highest BCUT2D eigenvalue weighted by molar-refractivity contribution is 5.20. The van der Waals surface area contributed by atoms with Crippen LogP contribution in [-0.4, -0.2) is 13.1 Å². The summed E-state index contributed by atoms with van der Waals surface area (Å²) in [5.41, 5.74) is 1.27. The maximum Gasteiger partial charge on any atom is 0.123 e. The SMILES string of the molecule is CC.CC(c1ccc(F)cc1)C1CCNCC1. The first-order valence-corrected chi connectivity index (χ1v) is 6.73. The van der Waals surface area contributed by atoms with Gasteiger partial charge in [-0.3, -0.25) is 0 Å². The van der Waals surface area contributed by atoms with Crippen molar-refractivity contribution in [3.05, 3.63) is 35.6 Å². The standard InChI is InChI=1S/C13H18FN.C2H6/c1-10(12-6-8-15-9-7-12)11-2-4-13(14)5-3-11;1-2/h2-5,10,12,15H,6-9H2,1H3;1-2H3. The van der Waals surface area contributed by atoms with Gasteiger partial charge in [-0.15, -0.1) is 0 Å². The molecule has 1 unspecified atom stereocenters. The fourth-order valence-electron chi connectivity index (χ4n) is 2.38. The summed E-state index contributed by atoms with van der Waals surface area (Å²) in [4.78, 5) is 0. The number of halogens is 1. The molecule has 0 bridgehead atoms. The van der Waals surface area contributed by atoms with E-state index in [2.05, 4.69) is 12.2 Å². The molecule has 0 saturated carbocycles. The van der Waals surface area contributed by atoms with Crippen molar-refractivity contribution < 1.29 is 4.39 Å². The smallest absolute Gasteiger partial charge is 0.123 e. The molecule has 1 N–H and O–H groups in total. The molecule has 0 aromatic heterocycles. The van der Waals surface area contributed by atoms with Crippen molar-refractivity contribution >= 4 is 0 Å². The number of piperidine rings is 1. The maximum atomic E-state index is 12.8. The summed E-state index contributed by atoms with van der Waals surface area (Å²) in [7, 11) is 0. The molecule has 1 aliphatic rings. The molecule has 2 heteroatoms. The van der Waals surface area contributed by atoms with Gasteiger partial charge in [0.15, 0.2) is 0 Å². The first-order valence-electron chi connectivity index (χ1n) is 6.73. The average Bonchev–Trinajstić information content (AvgIpc) is 2.42. The van der Waals surface area contributed by atoms with Gasteiger partial charge in [0.25, 0.3) is 0 Å². The highest BCUT2D eigenvalue weighted by atomic mass is 19.1. The van der Waals surface area contributed by atoms with Crippen molar-refractivity contribution in [2.24, 2.45) is 5.92 Å². The summed E-state index contributed by atoms with van der Waals surface area (Å²) in [5, 5.41) is 3.37. The normalized spacial score (nSPS) is 18.1. The highest BCUT2D eigenvalue weighted by Crippen LogP contribution is 2.30. The zero-order valence-corrected chi connectivity index (χ0v) is 11.2.